The van der Waals surface area contributed by atoms with Crippen LogP contribution in [-0.2, 0) is 6.54 Å². The SMILES string of the molecule is CC(C)NCc1ccn(-c2cc(F)cc([N+](=O)[O-])c2)n1. The van der Waals surface area contributed by atoms with Gasteiger partial charge < -0.3 is 5.32 Å². The maximum Gasteiger partial charge on any atom is 0.274 e. The molecule has 0 saturated carbocycles. The van der Waals surface area contributed by atoms with Crippen molar-refractivity contribution < 1.29 is 9.31 Å². The van der Waals surface area contributed by atoms with Crippen molar-refractivity contribution in [2.75, 3.05) is 0 Å². The molecule has 6 nitrogen and oxygen atoms in total. The number of hydrogen-bond acceptors (Lipinski definition) is 4. The Kier molecular flexibility index (Phi) is 4.09. The van der Waals surface area contributed by atoms with Crippen molar-refractivity contribution in [2.45, 2.75) is 26.4 Å². The number of nitrogens with zero attached hydrogens (tertiary/aromatic N) is 3. The van der Waals surface area contributed by atoms with E-state index in [1.165, 1.54) is 16.8 Å². The number of nitro groups is 1. The molecular formula is C13H15FN4O2. The molecule has 7 heteroatoms. The summed E-state index contributed by atoms with van der Waals surface area (Å²) in [5.74, 6) is -0.661. The first-order valence-electron chi connectivity index (χ1n) is 6.19. The summed E-state index contributed by atoms with van der Waals surface area (Å²) in [5.41, 5.74) is 0.815. The number of aromatic nitrogens is 2. The summed E-state index contributed by atoms with van der Waals surface area (Å²) in [6.07, 6.45) is 1.65. The molecule has 106 valence electrons. The van der Waals surface area contributed by atoms with Crippen molar-refractivity contribution in [3.63, 3.8) is 0 Å². The van der Waals surface area contributed by atoms with E-state index in [-0.39, 0.29) is 5.69 Å². The fourth-order valence-corrected chi connectivity index (χ4v) is 1.71. The fraction of sp³-hybridized carbons (Fsp3) is 0.308. The Balaban J connectivity index is 2.25. The molecule has 1 heterocycles. The van der Waals surface area contributed by atoms with E-state index in [0.717, 1.165) is 11.8 Å². The van der Waals surface area contributed by atoms with Crippen LogP contribution in [0.4, 0.5) is 10.1 Å². The zero-order chi connectivity index (χ0) is 14.7. The third-order valence-corrected chi connectivity index (χ3v) is 2.68. The summed E-state index contributed by atoms with van der Waals surface area (Å²) < 4.78 is 14.8. The van der Waals surface area contributed by atoms with Crippen LogP contribution in [0.2, 0.25) is 0 Å². The lowest BCUT2D eigenvalue weighted by atomic mass is 10.3. The van der Waals surface area contributed by atoms with E-state index in [2.05, 4.69) is 10.4 Å². The summed E-state index contributed by atoms with van der Waals surface area (Å²) in [5, 5.41) is 18.2. The molecule has 0 radical (unpaired) electrons. The van der Waals surface area contributed by atoms with Crippen LogP contribution in [0, 0.1) is 15.9 Å². The zero-order valence-electron chi connectivity index (χ0n) is 11.2. The Morgan fingerprint density at radius 3 is 2.85 bits per heavy atom. The molecule has 0 spiro atoms. The van der Waals surface area contributed by atoms with E-state index in [1.807, 2.05) is 13.8 Å². The third-order valence-electron chi connectivity index (χ3n) is 2.68. The lowest BCUT2D eigenvalue weighted by molar-refractivity contribution is -0.385. The largest absolute Gasteiger partial charge is 0.309 e. The molecule has 0 saturated heterocycles. The number of nitro benzene ring substituents is 1. The molecule has 0 amide bonds. The van der Waals surface area contributed by atoms with Gasteiger partial charge in [-0.25, -0.2) is 9.07 Å². The summed E-state index contributed by atoms with van der Waals surface area (Å²) in [6.45, 7) is 4.63. The normalized spacial score (nSPS) is 11.0. The highest BCUT2D eigenvalue weighted by atomic mass is 19.1. The molecule has 0 aliphatic rings. The van der Waals surface area contributed by atoms with Crippen LogP contribution in [0.1, 0.15) is 19.5 Å². The highest BCUT2D eigenvalue weighted by Crippen LogP contribution is 2.19. The van der Waals surface area contributed by atoms with E-state index < -0.39 is 10.7 Å². The average molecular weight is 278 g/mol. The molecule has 2 aromatic rings. The van der Waals surface area contributed by atoms with Gasteiger partial charge in [0, 0.05) is 30.9 Å². The first-order chi connectivity index (χ1) is 9.45. The monoisotopic (exact) mass is 278 g/mol. The first kappa shape index (κ1) is 14.1. The van der Waals surface area contributed by atoms with E-state index in [4.69, 9.17) is 0 Å². The summed E-state index contributed by atoms with van der Waals surface area (Å²) in [4.78, 5) is 10.1. The second-order valence-corrected chi connectivity index (χ2v) is 4.71. The van der Waals surface area contributed by atoms with Crippen molar-refractivity contribution in [3.05, 3.63) is 52.1 Å². The fourth-order valence-electron chi connectivity index (χ4n) is 1.71. The minimum Gasteiger partial charge on any atom is -0.309 e. The maximum absolute atomic E-state index is 13.4. The molecular weight excluding hydrogens is 263 g/mol. The number of non-ortho nitro benzene ring substituents is 1. The van der Waals surface area contributed by atoms with Crippen LogP contribution in [0.15, 0.2) is 30.5 Å². The van der Waals surface area contributed by atoms with Gasteiger partial charge >= 0.3 is 0 Å². The number of rotatable bonds is 5. The van der Waals surface area contributed by atoms with E-state index in [1.54, 1.807) is 12.3 Å². The second kappa shape index (κ2) is 5.79. The lowest BCUT2D eigenvalue weighted by Gasteiger charge is -2.05. The first-order valence-corrected chi connectivity index (χ1v) is 6.19. The Bertz CT molecular complexity index is 625. The van der Waals surface area contributed by atoms with Crippen molar-refractivity contribution in [3.8, 4) is 5.69 Å². The lowest BCUT2D eigenvalue weighted by Crippen LogP contribution is -2.22. The Morgan fingerprint density at radius 2 is 2.20 bits per heavy atom. The van der Waals surface area contributed by atoms with E-state index in [0.29, 0.717) is 18.3 Å². The minimum absolute atomic E-state index is 0.294. The molecule has 0 unspecified atom stereocenters. The van der Waals surface area contributed by atoms with Gasteiger partial charge in [0.1, 0.15) is 5.82 Å². The van der Waals surface area contributed by atoms with E-state index in [9.17, 15) is 14.5 Å². The zero-order valence-corrected chi connectivity index (χ0v) is 11.2. The molecule has 0 aliphatic heterocycles. The molecule has 2 rings (SSSR count). The van der Waals surface area contributed by atoms with Gasteiger partial charge in [-0.1, -0.05) is 13.8 Å². The van der Waals surface area contributed by atoms with Gasteiger partial charge in [0.15, 0.2) is 0 Å². The predicted molar refractivity (Wildman–Crippen MR) is 72.2 cm³/mol. The minimum atomic E-state index is -0.661. The van der Waals surface area contributed by atoms with Crippen LogP contribution < -0.4 is 5.32 Å². The Labute approximate surface area is 115 Å². The van der Waals surface area contributed by atoms with Gasteiger partial charge in [0.05, 0.1) is 22.4 Å². The summed E-state index contributed by atoms with van der Waals surface area (Å²) >= 11 is 0. The molecule has 1 aromatic carbocycles. The number of benzene rings is 1. The standard InChI is InChI=1S/C13H15FN4O2/c1-9(2)15-8-11-3-4-17(16-11)12-5-10(14)6-13(7-12)18(19)20/h3-7,9,15H,8H2,1-2H3. The van der Waals surface area contributed by atoms with E-state index >= 15 is 0 Å². The van der Waals surface area contributed by atoms with Crippen molar-refractivity contribution in [1.82, 2.24) is 15.1 Å². The van der Waals surface area contributed by atoms with Crippen LogP contribution in [0.3, 0.4) is 0 Å². The van der Waals surface area contributed by atoms with Crippen molar-refractivity contribution in [1.29, 1.82) is 0 Å². The average Bonchev–Trinajstić information content (AvgIpc) is 2.84. The Hall–Kier alpha value is -2.28. The highest BCUT2D eigenvalue weighted by molar-refractivity contribution is 5.43. The quantitative estimate of drug-likeness (QED) is 0.673. The molecule has 1 aromatic heterocycles. The van der Waals surface area contributed by atoms with Gasteiger partial charge in [-0.15, -0.1) is 0 Å². The smallest absolute Gasteiger partial charge is 0.274 e. The molecule has 0 bridgehead atoms. The number of nitrogens with one attached hydrogen (secondary N) is 1. The van der Waals surface area contributed by atoms with Crippen molar-refractivity contribution in [2.24, 2.45) is 0 Å². The second-order valence-electron chi connectivity index (χ2n) is 4.71. The van der Waals surface area contributed by atoms with Crippen LogP contribution in [0.5, 0.6) is 0 Å². The maximum atomic E-state index is 13.4. The van der Waals surface area contributed by atoms with Gasteiger partial charge in [-0.2, -0.15) is 5.10 Å². The third kappa shape index (κ3) is 3.39. The van der Waals surface area contributed by atoms with Gasteiger partial charge in [0.2, 0.25) is 0 Å². The van der Waals surface area contributed by atoms with Crippen LogP contribution in [-0.4, -0.2) is 20.7 Å². The summed E-state index contributed by atoms with van der Waals surface area (Å²) in [6, 6.07) is 5.49. The van der Waals surface area contributed by atoms with Crippen LogP contribution >= 0.6 is 0 Å². The highest BCUT2D eigenvalue weighted by Gasteiger charge is 2.11. The van der Waals surface area contributed by atoms with Gasteiger partial charge in [-0.3, -0.25) is 10.1 Å². The Morgan fingerprint density at radius 1 is 1.45 bits per heavy atom. The summed E-state index contributed by atoms with van der Waals surface area (Å²) in [7, 11) is 0. The van der Waals surface area contributed by atoms with Crippen molar-refractivity contribution >= 4 is 5.69 Å². The predicted octanol–water partition coefficient (Wildman–Crippen LogP) is 2.42. The van der Waals surface area contributed by atoms with Crippen LogP contribution in [0.25, 0.3) is 5.69 Å². The van der Waals surface area contributed by atoms with Gasteiger partial charge in [0.25, 0.3) is 5.69 Å². The molecule has 0 aliphatic carbocycles. The molecule has 20 heavy (non-hydrogen) atoms. The molecule has 1 N–H and O–H groups in total. The number of hydrogen-bond donors (Lipinski definition) is 1. The topological polar surface area (TPSA) is 73.0 Å². The molecule has 0 atom stereocenters. The molecule has 0 fully saturated rings. The number of halogens is 1. The van der Waals surface area contributed by atoms with Gasteiger partial charge in [-0.05, 0) is 6.07 Å².